The van der Waals surface area contributed by atoms with Gasteiger partial charge in [-0.2, -0.15) is 0 Å². The lowest BCUT2D eigenvalue weighted by atomic mass is 10.0. The molecule has 4 nitrogen and oxygen atoms in total. The van der Waals surface area contributed by atoms with Crippen LogP contribution in [0.25, 0.3) is 10.8 Å². The van der Waals surface area contributed by atoms with Crippen LogP contribution >= 0.6 is 12.4 Å². The molecule has 0 radical (unpaired) electrons. The van der Waals surface area contributed by atoms with E-state index in [2.05, 4.69) is 5.32 Å². The minimum absolute atomic E-state index is 0. The number of nitrogens with one attached hydrogen (secondary N) is 1. The molecule has 0 aromatic heterocycles. The van der Waals surface area contributed by atoms with Gasteiger partial charge in [-0.05, 0) is 36.9 Å². The van der Waals surface area contributed by atoms with Crippen LogP contribution in [-0.2, 0) is 0 Å². The Labute approximate surface area is 131 Å². The molecule has 0 spiro atoms. The van der Waals surface area contributed by atoms with Gasteiger partial charge in [-0.15, -0.1) is 12.4 Å². The van der Waals surface area contributed by atoms with Gasteiger partial charge in [-0.25, -0.2) is 0 Å². The van der Waals surface area contributed by atoms with E-state index in [4.69, 9.17) is 10.5 Å². The fraction of sp³-hybridized carbons (Fsp3) is 0.312. The van der Waals surface area contributed by atoms with Crippen molar-refractivity contribution >= 4 is 29.1 Å². The van der Waals surface area contributed by atoms with Crippen LogP contribution in [0.4, 0.5) is 0 Å². The van der Waals surface area contributed by atoms with E-state index in [1.54, 1.807) is 13.2 Å². The zero-order chi connectivity index (χ0) is 14.4. The number of ether oxygens (including phenoxy) is 1. The lowest BCUT2D eigenvalue weighted by molar-refractivity contribution is 0.0954. The molecule has 0 heterocycles. The highest BCUT2D eigenvalue weighted by atomic mass is 35.5. The van der Waals surface area contributed by atoms with Crippen molar-refractivity contribution in [2.45, 2.75) is 12.8 Å². The number of nitrogens with two attached hydrogens (primary N) is 1. The van der Waals surface area contributed by atoms with E-state index in [9.17, 15) is 4.79 Å². The Kier molecular flexibility index (Phi) is 6.99. The molecule has 0 fully saturated rings. The third-order valence-corrected chi connectivity index (χ3v) is 3.27. The van der Waals surface area contributed by atoms with Crippen molar-refractivity contribution < 1.29 is 9.53 Å². The molecule has 0 aliphatic rings. The van der Waals surface area contributed by atoms with E-state index in [0.717, 1.165) is 29.4 Å². The second-order valence-corrected chi connectivity index (χ2v) is 4.61. The Bertz CT molecular complexity index is 602. The summed E-state index contributed by atoms with van der Waals surface area (Å²) in [4.78, 5) is 12.2. The molecule has 2 rings (SSSR count). The number of fused-ring (bicyclic) bond motifs is 1. The van der Waals surface area contributed by atoms with Crippen molar-refractivity contribution in [3.05, 3.63) is 42.0 Å². The second-order valence-electron chi connectivity index (χ2n) is 4.61. The number of carbonyl (C=O) groups is 1. The van der Waals surface area contributed by atoms with Crippen LogP contribution in [0, 0.1) is 0 Å². The molecule has 0 aliphatic heterocycles. The highest BCUT2D eigenvalue weighted by Gasteiger charge is 2.11. The highest BCUT2D eigenvalue weighted by Crippen LogP contribution is 2.28. The molecule has 114 valence electrons. The maximum atomic E-state index is 12.2. The Balaban J connectivity index is 0.00000220. The average Bonchev–Trinajstić information content (AvgIpc) is 2.50. The standard InChI is InChI=1S/C16H20N2O2.ClH/c1-20-15-9-8-14(12-6-2-3-7-13(12)15)16(19)18-11-5-4-10-17;/h2-3,6-9H,4-5,10-11,17H2,1H3,(H,18,19);1H. The maximum Gasteiger partial charge on any atom is 0.251 e. The van der Waals surface area contributed by atoms with Crippen LogP contribution in [0.5, 0.6) is 5.75 Å². The normalized spacial score (nSPS) is 10.0. The van der Waals surface area contributed by atoms with E-state index in [0.29, 0.717) is 18.7 Å². The van der Waals surface area contributed by atoms with Crippen molar-refractivity contribution in [3.8, 4) is 5.75 Å². The summed E-state index contributed by atoms with van der Waals surface area (Å²) < 4.78 is 5.33. The van der Waals surface area contributed by atoms with Crippen LogP contribution in [0.2, 0.25) is 0 Å². The van der Waals surface area contributed by atoms with Crippen LogP contribution in [0.3, 0.4) is 0 Å². The molecule has 0 bridgehead atoms. The van der Waals surface area contributed by atoms with Crippen LogP contribution in [0.15, 0.2) is 36.4 Å². The monoisotopic (exact) mass is 308 g/mol. The lowest BCUT2D eigenvalue weighted by Gasteiger charge is -2.10. The summed E-state index contributed by atoms with van der Waals surface area (Å²) in [7, 11) is 1.63. The highest BCUT2D eigenvalue weighted by molar-refractivity contribution is 6.08. The van der Waals surface area contributed by atoms with Crippen LogP contribution in [0.1, 0.15) is 23.2 Å². The fourth-order valence-electron chi connectivity index (χ4n) is 2.21. The number of methoxy groups -OCH3 is 1. The molecular formula is C16H21ClN2O2. The number of unbranched alkanes of at least 4 members (excludes halogenated alkanes) is 1. The van der Waals surface area contributed by atoms with Crippen molar-refractivity contribution in [2.24, 2.45) is 5.73 Å². The van der Waals surface area contributed by atoms with E-state index in [1.807, 2.05) is 30.3 Å². The molecule has 2 aromatic carbocycles. The topological polar surface area (TPSA) is 64.3 Å². The van der Waals surface area contributed by atoms with Crippen molar-refractivity contribution in [1.82, 2.24) is 5.32 Å². The molecule has 2 aromatic rings. The van der Waals surface area contributed by atoms with E-state index >= 15 is 0 Å². The van der Waals surface area contributed by atoms with E-state index in [-0.39, 0.29) is 18.3 Å². The molecule has 0 unspecified atom stereocenters. The first-order valence-electron chi connectivity index (χ1n) is 6.82. The number of amides is 1. The predicted molar refractivity (Wildman–Crippen MR) is 88.4 cm³/mol. The van der Waals surface area contributed by atoms with E-state index in [1.165, 1.54) is 0 Å². The van der Waals surface area contributed by atoms with Gasteiger partial charge in [-0.1, -0.05) is 24.3 Å². The Morgan fingerprint density at radius 3 is 2.52 bits per heavy atom. The Morgan fingerprint density at radius 1 is 1.14 bits per heavy atom. The Morgan fingerprint density at radius 2 is 1.86 bits per heavy atom. The number of carbonyl (C=O) groups excluding carboxylic acids is 1. The third kappa shape index (κ3) is 4.09. The third-order valence-electron chi connectivity index (χ3n) is 3.27. The van der Waals surface area contributed by atoms with Gasteiger partial charge in [0.05, 0.1) is 7.11 Å². The SMILES string of the molecule is COc1ccc(C(=O)NCCCCN)c2ccccc12.Cl. The van der Waals surface area contributed by atoms with Gasteiger partial charge in [0.2, 0.25) is 0 Å². The molecule has 0 atom stereocenters. The fourth-order valence-corrected chi connectivity index (χ4v) is 2.21. The number of benzene rings is 2. The Hall–Kier alpha value is -1.78. The molecule has 5 heteroatoms. The van der Waals surface area contributed by atoms with Crippen LogP contribution < -0.4 is 15.8 Å². The molecule has 0 saturated carbocycles. The minimum Gasteiger partial charge on any atom is -0.496 e. The average molecular weight is 309 g/mol. The summed E-state index contributed by atoms with van der Waals surface area (Å²) in [5.41, 5.74) is 6.11. The predicted octanol–water partition coefficient (Wildman–Crippen LogP) is 2.74. The molecule has 1 amide bonds. The molecule has 3 N–H and O–H groups in total. The first-order chi connectivity index (χ1) is 9.77. The van der Waals surface area contributed by atoms with Gasteiger partial charge in [0.15, 0.2) is 0 Å². The maximum absolute atomic E-state index is 12.2. The smallest absolute Gasteiger partial charge is 0.251 e. The number of hydrogen-bond donors (Lipinski definition) is 2. The summed E-state index contributed by atoms with van der Waals surface area (Å²) in [6.45, 7) is 1.30. The minimum atomic E-state index is -0.0547. The van der Waals surface area contributed by atoms with Crippen molar-refractivity contribution in [2.75, 3.05) is 20.2 Å². The molecule has 0 saturated heterocycles. The second kappa shape index (κ2) is 8.49. The van der Waals surface area contributed by atoms with Gasteiger partial charge < -0.3 is 15.8 Å². The summed E-state index contributed by atoms with van der Waals surface area (Å²) in [6, 6.07) is 11.4. The largest absolute Gasteiger partial charge is 0.496 e. The lowest BCUT2D eigenvalue weighted by Crippen LogP contribution is -2.25. The van der Waals surface area contributed by atoms with Gasteiger partial charge in [0.1, 0.15) is 5.75 Å². The first-order valence-corrected chi connectivity index (χ1v) is 6.82. The van der Waals surface area contributed by atoms with E-state index < -0.39 is 0 Å². The van der Waals surface area contributed by atoms with Gasteiger partial charge >= 0.3 is 0 Å². The molecule has 21 heavy (non-hydrogen) atoms. The zero-order valence-electron chi connectivity index (χ0n) is 12.1. The van der Waals surface area contributed by atoms with Crippen molar-refractivity contribution in [3.63, 3.8) is 0 Å². The zero-order valence-corrected chi connectivity index (χ0v) is 12.9. The molecule has 0 aliphatic carbocycles. The first kappa shape index (κ1) is 17.3. The number of hydrogen-bond acceptors (Lipinski definition) is 3. The number of rotatable bonds is 6. The summed E-state index contributed by atoms with van der Waals surface area (Å²) in [5.74, 6) is 0.723. The van der Waals surface area contributed by atoms with Crippen molar-refractivity contribution in [1.29, 1.82) is 0 Å². The van der Waals surface area contributed by atoms with Gasteiger partial charge in [0.25, 0.3) is 5.91 Å². The van der Waals surface area contributed by atoms with Crippen LogP contribution in [-0.4, -0.2) is 26.1 Å². The molecular weight excluding hydrogens is 288 g/mol. The quantitative estimate of drug-likeness (QED) is 0.807. The summed E-state index contributed by atoms with van der Waals surface area (Å²) in [5, 5.41) is 4.78. The summed E-state index contributed by atoms with van der Waals surface area (Å²) >= 11 is 0. The van der Waals surface area contributed by atoms with Gasteiger partial charge in [-0.3, -0.25) is 4.79 Å². The summed E-state index contributed by atoms with van der Waals surface area (Å²) in [6.07, 6.45) is 1.82. The number of halogens is 1. The van der Waals surface area contributed by atoms with Gasteiger partial charge in [0, 0.05) is 17.5 Å².